The van der Waals surface area contributed by atoms with Crippen LogP contribution in [0, 0.1) is 0 Å². The van der Waals surface area contributed by atoms with Crippen LogP contribution in [-0.4, -0.2) is 144 Å². The Morgan fingerprint density at radius 3 is 1.62 bits per heavy atom. The summed E-state index contributed by atoms with van der Waals surface area (Å²) in [4.78, 5) is 9.66. The van der Waals surface area contributed by atoms with E-state index in [2.05, 4.69) is 71.5 Å². The number of aryl methyl sites for hydroxylation is 1. The van der Waals surface area contributed by atoms with E-state index >= 15 is 0 Å². The van der Waals surface area contributed by atoms with Gasteiger partial charge >= 0.3 is 0 Å². The summed E-state index contributed by atoms with van der Waals surface area (Å²) in [5, 5.41) is 30.2. The fourth-order valence-corrected chi connectivity index (χ4v) is 7.87. The molecule has 0 bridgehead atoms. The quantitative estimate of drug-likeness (QED) is 0.178. The number of fused-ring (bicyclic) bond motifs is 2. The Balaban J connectivity index is 0.000000161. The second-order valence-corrected chi connectivity index (χ2v) is 15.4. The molecule has 2 fully saturated rings. The maximum absolute atomic E-state index is 6.94. The minimum atomic E-state index is 0.598. The number of hydrogen-bond donors (Lipinski definition) is 0. The Morgan fingerprint density at radius 1 is 0.536 bits per heavy atom. The monoisotopic (exact) mass is 791 g/mol. The van der Waals surface area contributed by atoms with Gasteiger partial charge in [-0.1, -0.05) is 83.9 Å². The van der Waals surface area contributed by atoms with Gasteiger partial charge in [-0.2, -0.15) is 10.2 Å². The lowest BCUT2D eigenvalue weighted by atomic mass is 10.1. The van der Waals surface area contributed by atoms with Crippen LogP contribution in [0.1, 0.15) is 0 Å². The molecule has 15 heteroatoms. The topological polar surface area (TPSA) is 105 Å². The predicted molar refractivity (Wildman–Crippen MR) is 224 cm³/mol. The van der Waals surface area contributed by atoms with Crippen molar-refractivity contribution in [3.8, 4) is 33.8 Å². The minimum Gasteiger partial charge on any atom is -0.357 e. The molecule has 0 spiro atoms. The van der Waals surface area contributed by atoms with Gasteiger partial charge in [-0.25, -0.2) is 9.36 Å². The van der Waals surface area contributed by atoms with Gasteiger partial charge < -0.3 is 14.4 Å². The predicted octanol–water partition coefficient (Wildman–Crippen LogP) is 5.79. The Kier molecular flexibility index (Phi) is 11.7. The molecular formula is C41H47Cl2N13. The molecule has 2 aliphatic rings. The third-order valence-corrected chi connectivity index (χ3v) is 11.5. The van der Waals surface area contributed by atoms with Crippen LogP contribution in [0.2, 0.25) is 10.0 Å². The van der Waals surface area contributed by atoms with Gasteiger partial charge in [-0.15, -0.1) is 20.4 Å². The summed E-state index contributed by atoms with van der Waals surface area (Å²) >= 11 is 13.5. The van der Waals surface area contributed by atoms with E-state index in [1.807, 2.05) is 87.8 Å². The summed E-state index contributed by atoms with van der Waals surface area (Å²) in [6.45, 7) is 12.2. The highest BCUT2D eigenvalue weighted by Gasteiger charge is 2.23. The molecule has 0 N–H and O–H groups in total. The highest BCUT2D eigenvalue weighted by atomic mass is 35.5. The van der Waals surface area contributed by atoms with Crippen LogP contribution in [0.3, 0.4) is 0 Å². The van der Waals surface area contributed by atoms with Gasteiger partial charge in [0.25, 0.3) is 0 Å². The summed E-state index contributed by atoms with van der Waals surface area (Å²) in [6, 6.07) is 21.9. The summed E-state index contributed by atoms with van der Waals surface area (Å²) in [5.74, 6) is 0. The molecule has 0 atom stereocenters. The molecule has 7 aromatic rings. The molecule has 0 saturated carbocycles. The number of hydrogen-bond acceptors (Lipinski definition) is 10. The van der Waals surface area contributed by atoms with E-state index in [9.17, 15) is 0 Å². The van der Waals surface area contributed by atoms with E-state index in [4.69, 9.17) is 28.3 Å². The van der Waals surface area contributed by atoms with Gasteiger partial charge in [0.1, 0.15) is 17.1 Å². The number of aromatic nitrogens is 9. The van der Waals surface area contributed by atoms with Gasteiger partial charge in [0, 0.05) is 102 Å². The first kappa shape index (κ1) is 38.1. The molecule has 0 unspecified atom stereocenters. The Bertz CT molecular complexity index is 2380. The first-order chi connectivity index (χ1) is 27.3. The van der Waals surface area contributed by atoms with Crippen molar-refractivity contribution < 1.29 is 0 Å². The van der Waals surface area contributed by atoms with Crippen LogP contribution in [0.25, 0.3) is 55.8 Å². The molecule has 9 rings (SSSR count). The second-order valence-electron chi connectivity index (χ2n) is 14.7. The molecule has 0 aliphatic carbocycles. The van der Waals surface area contributed by atoms with Crippen LogP contribution in [0.5, 0.6) is 0 Å². The van der Waals surface area contributed by atoms with E-state index < -0.39 is 0 Å². The standard InChI is InChI=1S/C23H26ClN7.C18H21ClN6/c1-28-10-12-30(13-11-28)14-15-31-23-19(21(27-31)18-8-9-29(2)16-18)20(24)22(25-26-23)17-6-4-3-5-7-17;1-23-7-9-24(10-8-23)11-12-25-18-15(13-20-25)16(19)17(21-22-18)14-5-3-2-4-6-14/h3-9,16H,10-15H2,1-2H3;2-6,13H,7-12H2,1H3. The van der Waals surface area contributed by atoms with Crippen molar-refractivity contribution in [2.75, 3.05) is 79.5 Å². The summed E-state index contributed by atoms with van der Waals surface area (Å²) in [7, 11) is 6.35. The average molecular weight is 793 g/mol. The molecule has 0 amide bonds. The first-order valence-electron chi connectivity index (χ1n) is 19.2. The number of halogens is 2. The fourth-order valence-electron chi connectivity index (χ4n) is 7.27. The van der Waals surface area contributed by atoms with Crippen LogP contribution < -0.4 is 0 Å². The zero-order valence-electron chi connectivity index (χ0n) is 32.1. The van der Waals surface area contributed by atoms with Crippen molar-refractivity contribution in [1.82, 2.24) is 64.1 Å². The number of nitrogens with zero attached hydrogens (tertiary/aromatic N) is 13. The SMILES string of the molecule is CN1CCN(CCn2nc(-c3ccn(C)c3)c3c(Cl)c(-c4ccccc4)nnc32)CC1.CN1CCN(CCn2ncc3c(Cl)c(-c4ccccc4)nnc32)CC1. The van der Waals surface area contributed by atoms with E-state index in [0.717, 1.165) is 123 Å². The van der Waals surface area contributed by atoms with Gasteiger partial charge in [0.05, 0.1) is 40.1 Å². The normalized spacial score (nSPS) is 16.1. The largest absolute Gasteiger partial charge is 0.357 e. The molecule has 7 heterocycles. The smallest absolute Gasteiger partial charge is 0.182 e. The van der Waals surface area contributed by atoms with E-state index in [1.54, 1.807) is 6.20 Å². The lowest BCUT2D eigenvalue weighted by Crippen LogP contribution is -2.45. The summed E-state index contributed by atoms with van der Waals surface area (Å²) in [5.41, 5.74) is 6.67. The van der Waals surface area contributed by atoms with Crippen LogP contribution in [0.15, 0.2) is 85.3 Å². The highest BCUT2D eigenvalue weighted by molar-refractivity contribution is 6.38. The van der Waals surface area contributed by atoms with Crippen molar-refractivity contribution in [1.29, 1.82) is 0 Å². The Labute approximate surface area is 337 Å². The van der Waals surface area contributed by atoms with Crippen molar-refractivity contribution in [2.24, 2.45) is 7.05 Å². The third kappa shape index (κ3) is 8.34. The molecule has 2 saturated heterocycles. The van der Waals surface area contributed by atoms with Gasteiger partial charge in [-0.05, 0) is 20.2 Å². The number of benzene rings is 2. The average Bonchev–Trinajstić information content (AvgIpc) is 3.96. The number of rotatable bonds is 9. The van der Waals surface area contributed by atoms with Crippen LogP contribution in [-0.2, 0) is 20.1 Å². The summed E-state index contributed by atoms with van der Waals surface area (Å²) in [6.07, 6.45) is 5.87. The minimum absolute atomic E-state index is 0.598. The Hall–Kier alpha value is -4.76. The van der Waals surface area contributed by atoms with Gasteiger partial charge in [0.15, 0.2) is 11.3 Å². The second kappa shape index (κ2) is 17.2. The lowest BCUT2D eigenvalue weighted by Gasteiger charge is -2.32. The molecule has 290 valence electrons. The molecule has 13 nitrogen and oxygen atoms in total. The van der Waals surface area contributed by atoms with Crippen molar-refractivity contribution in [3.05, 3.63) is 95.4 Å². The molecule has 2 aliphatic heterocycles. The van der Waals surface area contributed by atoms with Crippen molar-refractivity contribution >= 4 is 45.3 Å². The Morgan fingerprint density at radius 2 is 1.07 bits per heavy atom. The fraction of sp³-hybridized carbons (Fsp3) is 0.366. The molecular weight excluding hydrogens is 745 g/mol. The van der Waals surface area contributed by atoms with E-state index in [0.29, 0.717) is 21.4 Å². The van der Waals surface area contributed by atoms with E-state index in [1.165, 1.54) is 0 Å². The third-order valence-electron chi connectivity index (χ3n) is 10.7. The highest BCUT2D eigenvalue weighted by Crippen LogP contribution is 2.37. The van der Waals surface area contributed by atoms with Crippen LogP contribution in [0.4, 0.5) is 0 Å². The first-order valence-corrected chi connectivity index (χ1v) is 19.9. The number of piperazine rings is 2. The molecule has 56 heavy (non-hydrogen) atoms. The van der Waals surface area contributed by atoms with E-state index in [-0.39, 0.29) is 0 Å². The molecule has 5 aromatic heterocycles. The van der Waals surface area contributed by atoms with Crippen molar-refractivity contribution in [2.45, 2.75) is 13.1 Å². The van der Waals surface area contributed by atoms with Crippen molar-refractivity contribution in [3.63, 3.8) is 0 Å². The maximum Gasteiger partial charge on any atom is 0.182 e. The van der Waals surface area contributed by atoms with Gasteiger partial charge in [0.2, 0.25) is 0 Å². The zero-order chi connectivity index (χ0) is 38.6. The summed E-state index contributed by atoms with van der Waals surface area (Å²) < 4.78 is 5.88. The maximum atomic E-state index is 6.94. The van der Waals surface area contributed by atoms with Gasteiger partial charge in [-0.3, -0.25) is 9.80 Å². The van der Waals surface area contributed by atoms with Crippen LogP contribution >= 0.6 is 23.2 Å². The lowest BCUT2D eigenvalue weighted by molar-refractivity contribution is 0.149. The molecule has 2 aromatic carbocycles. The molecule has 0 radical (unpaired) electrons. The number of likely N-dealkylation sites (N-methyl/N-ethyl adjacent to an activating group) is 2. The zero-order valence-corrected chi connectivity index (χ0v) is 33.6.